The van der Waals surface area contributed by atoms with Crippen molar-refractivity contribution in [3.63, 3.8) is 0 Å². The molecule has 0 aliphatic carbocycles. The van der Waals surface area contributed by atoms with Gasteiger partial charge >= 0.3 is 0 Å². The van der Waals surface area contributed by atoms with E-state index in [4.69, 9.17) is 10.5 Å². The number of aromatic nitrogens is 5. The number of nitrogen functional groups attached to an aromatic ring is 1. The van der Waals surface area contributed by atoms with Crippen molar-refractivity contribution in [2.24, 2.45) is 7.05 Å². The van der Waals surface area contributed by atoms with Crippen LogP contribution in [0, 0.1) is 0 Å². The third-order valence-corrected chi connectivity index (χ3v) is 2.63. The second-order valence-corrected chi connectivity index (χ2v) is 3.94. The summed E-state index contributed by atoms with van der Waals surface area (Å²) in [6.07, 6.45) is 5.41. The predicted octanol–water partition coefficient (Wildman–Crippen LogP) is 0.721. The van der Waals surface area contributed by atoms with E-state index in [1.54, 1.807) is 34.8 Å². The molecule has 3 rings (SSSR count). The first-order valence-electron chi connectivity index (χ1n) is 5.36. The molecule has 18 heavy (non-hydrogen) atoms. The number of hydrogen-bond donors (Lipinski definition) is 1. The van der Waals surface area contributed by atoms with Crippen LogP contribution in [0.2, 0.25) is 0 Å². The number of aryl methyl sites for hydroxylation is 1. The van der Waals surface area contributed by atoms with Gasteiger partial charge in [-0.1, -0.05) is 0 Å². The predicted molar refractivity (Wildman–Crippen MR) is 66.2 cm³/mol. The first kappa shape index (κ1) is 10.6. The van der Waals surface area contributed by atoms with E-state index in [1.807, 2.05) is 13.2 Å². The van der Waals surface area contributed by atoms with Crippen LogP contribution in [0.4, 0.5) is 5.82 Å². The van der Waals surface area contributed by atoms with E-state index in [0.717, 1.165) is 16.8 Å². The Kier molecular flexibility index (Phi) is 2.19. The molecule has 0 aromatic carbocycles. The number of methoxy groups -OCH3 is 1. The highest BCUT2D eigenvalue weighted by Gasteiger charge is 2.11. The highest BCUT2D eigenvalue weighted by Crippen LogP contribution is 2.24. The highest BCUT2D eigenvalue weighted by molar-refractivity contribution is 5.66. The van der Waals surface area contributed by atoms with E-state index in [9.17, 15) is 0 Å². The van der Waals surface area contributed by atoms with Gasteiger partial charge in [-0.3, -0.25) is 4.68 Å². The van der Waals surface area contributed by atoms with Crippen LogP contribution in [0.1, 0.15) is 0 Å². The maximum absolute atomic E-state index is 5.68. The monoisotopic (exact) mass is 244 g/mol. The Morgan fingerprint density at radius 3 is 2.83 bits per heavy atom. The molecular formula is C11H12N6O. The van der Waals surface area contributed by atoms with Crippen LogP contribution in [0.5, 0.6) is 5.88 Å². The van der Waals surface area contributed by atoms with Crippen molar-refractivity contribution in [2.45, 2.75) is 0 Å². The largest absolute Gasteiger partial charge is 0.479 e. The topological polar surface area (TPSA) is 83.3 Å². The van der Waals surface area contributed by atoms with Crippen LogP contribution in [0.25, 0.3) is 16.8 Å². The molecule has 0 saturated heterocycles. The van der Waals surface area contributed by atoms with Gasteiger partial charge in [0.1, 0.15) is 11.3 Å². The summed E-state index contributed by atoms with van der Waals surface area (Å²) in [5, 5.41) is 8.28. The number of ether oxygens (including phenoxy) is 1. The molecule has 0 fully saturated rings. The molecule has 3 aromatic heterocycles. The van der Waals surface area contributed by atoms with Crippen LogP contribution in [0.3, 0.4) is 0 Å². The average Bonchev–Trinajstić information content (AvgIpc) is 2.92. The molecule has 0 aliphatic rings. The molecule has 0 amide bonds. The minimum atomic E-state index is 0.429. The quantitative estimate of drug-likeness (QED) is 0.718. The fourth-order valence-electron chi connectivity index (χ4n) is 1.83. The van der Waals surface area contributed by atoms with Gasteiger partial charge in [0.05, 0.1) is 25.2 Å². The second-order valence-electron chi connectivity index (χ2n) is 3.94. The summed E-state index contributed by atoms with van der Waals surface area (Å²) in [5.74, 6) is 0.916. The molecule has 2 N–H and O–H groups in total. The lowest BCUT2D eigenvalue weighted by atomic mass is 10.3. The number of hydrogen-bond acceptors (Lipinski definition) is 5. The second kappa shape index (κ2) is 3.73. The summed E-state index contributed by atoms with van der Waals surface area (Å²) in [7, 11) is 3.42. The molecule has 0 atom stereocenters. The Morgan fingerprint density at radius 1 is 1.33 bits per heavy atom. The first-order valence-corrected chi connectivity index (χ1v) is 5.36. The maximum Gasteiger partial charge on any atom is 0.240 e. The van der Waals surface area contributed by atoms with Crippen molar-refractivity contribution in [1.82, 2.24) is 24.4 Å². The lowest BCUT2D eigenvalue weighted by Gasteiger charge is -2.04. The van der Waals surface area contributed by atoms with Crippen molar-refractivity contribution in [1.29, 1.82) is 0 Å². The lowest BCUT2D eigenvalue weighted by molar-refractivity contribution is 0.401. The number of anilines is 1. The van der Waals surface area contributed by atoms with Crippen molar-refractivity contribution < 1.29 is 4.74 Å². The van der Waals surface area contributed by atoms with Crippen molar-refractivity contribution in [3.05, 3.63) is 24.7 Å². The van der Waals surface area contributed by atoms with Crippen molar-refractivity contribution in [3.8, 4) is 17.1 Å². The van der Waals surface area contributed by atoms with Crippen LogP contribution in [-0.2, 0) is 7.05 Å². The standard InChI is InChI=1S/C11H12N6O/c1-16-5-7(4-13-16)8-6-17-9(3-10(12)15-17)11(14-8)18-2/h3-6H,1-2H3,(H2,12,15). The summed E-state index contributed by atoms with van der Waals surface area (Å²) in [6.45, 7) is 0. The Morgan fingerprint density at radius 2 is 2.17 bits per heavy atom. The van der Waals surface area contributed by atoms with Gasteiger partial charge in [-0.05, 0) is 0 Å². The third-order valence-electron chi connectivity index (χ3n) is 2.63. The summed E-state index contributed by atoms with van der Waals surface area (Å²) in [4.78, 5) is 4.42. The number of rotatable bonds is 2. The summed E-state index contributed by atoms with van der Waals surface area (Å²) in [6, 6.07) is 1.72. The molecule has 0 aliphatic heterocycles. The zero-order chi connectivity index (χ0) is 12.7. The molecule has 92 valence electrons. The zero-order valence-corrected chi connectivity index (χ0v) is 10.0. The Bertz CT molecular complexity index is 713. The van der Waals surface area contributed by atoms with Crippen LogP contribution < -0.4 is 10.5 Å². The van der Waals surface area contributed by atoms with Crippen molar-refractivity contribution >= 4 is 11.3 Å². The smallest absolute Gasteiger partial charge is 0.240 e. The Balaban J connectivity index is 2.24. The summed E-state index contributed by atoms with van der Waals surface area (Å²) < 4.78 is 8.62. The van der Waals surface area contributed by atoms with E-state index >= 15 is 0 Å². The molecule has 0 unspecified atom stereocenters. The number of fused-ring (bicyclic) bond motifs is 1. The average molecular weight is 244 g/mol. The van der Waals surface area contributed by atoms with Gasteiger partial charge in [-0.25, -0.2) is 9.50 Å². The minimum Gasteiger partial charge on any atom is -0.479 e. The van der Waals surface area contributed by atoms with Crippen molar-refractivity contribution in [2.75, 3.05) is 12.8 Å². The molecule has 7 nitrogen and oxygen atoms in total. The Hall–Kier alpha value is -2.57. The lowest BCUT2D eigenvalue weighted by Crippen LogP contribution is -1.97. The van der Waals surface area contributed by atoms with Crippen LogP contribution >= 0.6 is 0 Å². The molecule has 3 heterocycles. The molecule has 0 saturated carbocycles. The normalized spacial score (nSPS) is 11.0. The minimum absolute atomic E-state index is 0.429. The third kappa shape index (κ3) is 1.56. The molecular weight excluding hydrogens is 232 g/mol. The molecule has 3 aromatic rings. The van der Waals surface area contributed by atoms with Crippen LogP contribution in [0.15, 0.2) is 24.7 Å². The van der Waals surface area contributed by atoms with Crippen LogP contribution in [-0.4, -0.2) is 31.5 Å². The molecule has 0 radical (unpaired) electrons. The SMILES string of the molecule is COc1nc(-c2cnn(C)c2)cn2nc(N)cc12. The first-order chi connectivity index (χ1) is 8.67. The fourth-order valence-corrected chi connectivity index (χ4v) is 1.83. The molecule has 0 bridgehead atoms. The van der Waals surface area contributed by atoms with E-state index in [0.29, 0.717) is 11.7 Å². The van der Waals surface area contributed by atoms with Gasteiger partial charge in [0, 0.05) is 24.9 Å². The fraction of sp³-hybridized carbons (Fsp3) is 0.182. The number of nitrogens with zero attached hydrogens (tertiary/aromatic N) is 5. The van der Waals surface area contributed by atoms with E-state index in [1.165, 1.54) is 0 Å². The highest BCUT2D eigenvalue weighted by atomic mass is 16.5. The van der Waals surface area contributed by atoms with E-state index < -0.39 is 0 Å². The van der Waals surface area contributed by atoms with Gasteiger partial charge in [0.25, 0.3) is 0 Å². The van der Waals surface area contributed by atoms with Gasteiger partial charge in [0.2, 0.25) is 5.88 Å². The molecule has 0 spiro atoms. The summed E-state index contributed by atoms with van der Waals surface area (Å²) >= 11 is 0. The van der Waals surface area contributed by atoms with Gasteiger partial charge in [-0.2, -0.15) is 10.2 Å². The number of nitrogens with two attached hydrogens (primary N) is 1. The van der Waals surface area contributed by atoms with Gasteiger partial charge in [-0.15, -0.1) is 0 Å². The molecule has 7 heteroatoms. The summed E-state index contributed by atoms with van der Waals surface area (Å²) in [5.41, 5.74) is 8.04. The van der Waals surface area contributed by atoms with E-state index in [2.05, 4.69) is 15.2 Å². The van der Waals surface area contributed by atoms with E-state index in [-0.39, 0.29) is 0 Å². The zero-order valence-electron chi connectivity index (χ0n) is 10.0. The Labute approximate surface area is 103 Å². The van der Waals surface area contributed by atoms with Gasteiger partial charge < -0.3 is 10.5 Å². The van der Waals surface area contributed by atoms with Gasteiger partial charge in [0.15, 0.2) is 0 Å². The maximum atomic E-state index is 5.68.